The first kappa shape index (κ1) is 31.8. The van der Waals surface area contributed by atoms with Gasteiger partial charge in [-0.3, -0.25) is 19.4 Å². The van der Waals surface area contributed by atoms with E-state index >= 15 is 0 Å². The van der Waals surface area contributed by atoms with Crippen LogP contribution in [0.3, 0.4) is 0 Å². The Kier molecular flexibility index (Phi) is 16.2. The van der Waals surface area contributed by atoms with Gasteiger partial charge in [-0.1, -0.05) is 13.8 Å². The molecule has 4 atom stereocenters. The lowest BCUT2D eigenvalue weighted by molar-refractivity contribution is -0.141. The maximum atomic E-state index is 13.0. The molecule has 3 amide bonds. The van der Waals surface area contributed by atoms with Crippen molar-refractivity contribution in [3.8, 4) is 0 Å². The van der Waals surface area contributed by atoms with Crippen LogP contribution in [0.15, 0.2) is 4.99 Å². The van der Waals surface area contributed by atoms with Gasteiger partial charge in [-0.2, -0.15) is 24.4 Å². The second-order valence-corrected chi connectivity index (χ2v) is 9.52. The highest BCUT2D eigenvalue weighted by atomic mass is 32.2. The van der Waals surface area contributed by atoms with Gasteiger partial charge in [0, 0.05) is 12.3 Å². The fraction of sp³-hybridized carbons (Fsp3) is 0.750. The summed E-state index contributed by atoms with van der Waals surface area (Å²) in [7, 11) is 0. The minimum Gasteiger partial charge on any atom is -0.480 e. The molecule has 0 rings (SSSR count). The largest absolute Gasteiger partial charge is 0.480 e. The molecule has 34 heavy (non-hydrogen) atoms. The molecule has 0 fully saturated rings. The predicted molar refractivity (Wildman–Crippen MR) is 138 cm³/mol. The normalized spacial score (nSPS) is 14.4. The van der Waals surface area contributed by atoms with Gasteiger partial charge in [0.1, 0.15) is 18.1 Å². The number of aliphatic imine (C=N–C) groups is 1. The molecule has 0 spiro atoms. The van der Waals surface area contributed by atoms with Crippen molar-refractivity contribution in [3.63, 3.8) is 0 Å². The molecule has 0 aromatic rings. The zero-order chi connectivity index (χ0) is 26.3. The maximum Gasteiger partial charge on any atom is 0.327 e. The summed E-state index contributed by atoms with van der Waals surface area (Å²) in [6.45, 7) is 4.11. The van der Waals surface area contributed by atoms with E-state index in [9.17, 15) is 24.3 Å². The fourth-order valence-corrected chi connectivity index (χ4v) is 3.59. The summed E-state index contributed by atoms with van der Waals surface area (Å²) in [6.07, 6.45) is 3.26. The Morgan fingerprint density at radius 3 is 2.03 bits per heavy atom. The SMILES string of the molecule is CSCCC(NC(=O)C(CC(C)C)NC(=O)C(N)CCCN=C(N)N)C(=O)NC(CS)C(=O)O. The third kappa shape index (κ3) is 13.5. The summed E-state index contributed by atoms with van der Waals surface area (Å²) in [5.74, 6) is -2.43. The lowest BCUT2D eigenvalue weighted by Gasteiger charge is -2.26. The van der Waals surface area contributed by atoms with Crippen LogP contribution in [0.25, 0.3) is 0 Å². The molecule has 0 radical (unpaired) electrons. The number of amides is 3. The van der Waals surface area contributed by atoms with E-state index in [1.165, 1.54) is 11.8 Å². The van der Waals surface area contributed by atoms with Crippen molar-refractivity contribution in [2.75, 3.05) is 24.3 Å². The molecule has 4 unspecified atom stereocenters. The van der Waals surface area contributed by atoms with Gasteiger partial charge >= 0.3 is 5.97 Å². The summed E-state index contributed by atoms with van der Waals surface area (Å²) in [5.41, 5.74) is 16.5. The first-order valence-corrected chi connectivity index (χ1v) is 13.0. The summed E-state index contributed by atoms with van der Waals surface area (Å²) in [5, 5.41) is 16.9. The monoisotopic (exact) mass is 521 g/mol. The standard InChI is InChI=1S/C20H39N7O5S2/c1-11(2)9-14(26-16(28)12(21)5-4-7-24-20(22)23)18(30)25-13(6-8-34-3)17(29)27-15(10-33)19(31)32/h11-15,33H,4-10,21H2,1-3H3,(H,25,30)(H,26,28)(H,27,29)(H,31,32)(H4,22,23,24). The molecule has 0 heterocycles. The van der Waals surface area contributed by atoms with Gasteiger partial charge in [-0.15, -0.1) is 0 Å². The van der Waals surface area contributed by atoms with Crippen molar-refractivity contribution in [2.24, 2.45) is 28.1 Å². The first-order valence-electron chi connectivity index (χ1n) is 11.0. The number of aliphatic carboxylic acids is 1. The first-order chi connectivity index (χ1) is 15.9. The quantitative estimate of drug-likeness (QED) is 0.0490. The second-order valence-electron chi connectivity index (χ2n) is 8.17. The summed E-state index contributed by atoms with van der Waals surface area (Å²) in [4.78, 5) is 53.3. The van der Waals surface area contributed by atoms with Gasteiger partial charge in [-0.25, -0.2) is 4.79 Å². The van der Waals surface area contributed by atoms with Crippen LogP contribution >= 0.6 is 24.4 Å². The van der Waals surface area contributed by atoms with Gasteiger partial charge in [-0.05, 0) is 43.6 Å². The molecule has 12 nitrogen and oxygen atoms in total. The van der Waals surface area contributed by atoms with E-state index in [-0.39, 0.29) is 24.1 Å². The molecule has 14 heteroatoms. The number of hydrogen-bond donors (Lipinski definition) is 8. The number of thioether (sulfide) groups is 1. The van der Waals surface area contributed by atoms with Crippen LogP contribution in [0, 0.1) is 5.92 Å². The van der Waals surface area contributed by atoms with Crippen LogP contribution in [0.4, 0.5) is 0 Å². The third-order valence-corrected chi connectivity index (χ3v) is 5.69. The number of rotatable bonds is 17. The summed E-state index contributed by atoms with van der Waals surface area (Å²) >= 11 is 5.42. The highest BCUT2D eigenvalue weighted by Gasteiger charge is 2.30. The Morgan fingerprint density at radius 2 is 1.53 bits per heavy atom. The molecule has 0 aromatic carbocycles. The second kappa shape index (κ2) is 17.3. The molecule has 0 aliphatic rings. The van der Waals surface area contributed by atoms with Crippen LogP contribution in [0.2, 0.25) is 0 Å². The average molecular weight is 522 g/mol. The van der Waals surface area contributed by atoms with Crippen molar-refractivity contribution < 1.29 is 24.3 Å². The number of thiol groups is 1. The van der Waals surface area contributed by atoms with E-state index < -0.39 is 47.9 Å². The third-order valence-electron chi connectivity index (χ3n) is 4.69. The Bertz CT molecular complexity index is 705. The van der Waals surface area contributed by atoms with Crippen LogP contribution in [-0.2, 0) is 19.2 Å². The fourth-order valence-electron chi connectivity index (χ4n) is 2.87. The Hall–Kier alpha value is -2.19. The molecule has 0 bridgehead atoms. The van der Waals surface area contributed by atoms with Gasteiger partial charge in [0.15, 0.2) is 5.96 Å². The van der Waals surface area contributed by atoms with Crippen molar-refractivity contribution >= 4 is 54.0 Å². The smallest absolute Gasteiger partial charge is 0.327 e. The number of guanidine groups is 1. The predicted octanol–water partition coefficient (Wildman–Crippen LogP) is -1.36. The topological polar surface area (TPSA) is 215 Å². The lowest BCUT2D eigenvalue weighted by Crippen LogP contribution is -2.57. The highest BCUT2D eigenvalue weighted by molar-refractivity contribution is 7.98. The van der Waals surface area contributed by atoms with Crippen molar-refractivity contribution in [2.45, 2.75) is 63.7 Å². The Morgan fingerprint density at radius 1 is 0.971 bits per heavy atom. The summed E-state index contributed by atoms with van der Waals surface area (Å²) in [6, 6.07) is -3.94. The molecule has 0 aliphatic carbocycles. The van der Waals surface area contributed by atoms with E-state index in [1.807, 2.05) is 20.1 Å². The minimum absolute atomic E-state index is 0.0456. The molecular weight excluding hydrogens is 482 g/mol. The molecule has 0 saturated heterocycles. The Balaban J connectivity index is 5.27. The molecule has 0 aromatic heterocycles. The molecular formula is C20H39N7O5S2. The van der Waals surface area contributed by atoms with Crippen molar-refractivity contribution in [1.82, 2.24) is 16.0 Å². The average Bonchev–Trinajstić information content (AvgIpc) is 2.75. The number of hydrogen-bond acceptors (Lipinski definition) is 8. The minimum atomic E-state index is -1.22. The maximum absolute atomic E-state index is 13.0. The van der Waals surface area contributed by atoms with Gasteiger partial charge < -0.3 is 38.3 Å². The van der Waals surface area contributed by atoms with E-state index in [0.29, 0.717) is 31.6 Å². The number of nitrogens with one attached hydrogen (secondary N) is 3. The number of carboxylic acids is 1. The van der Waals surface area contributed by atoms with Crippen LogP contribution in [0.5, 0.6) is 0 Å². The zero-order valence-corrected chi connectivity index (χ0v) is 21.7. The van der Waals surface area contributed by atoms with E-state index in [0.717, 1.165) is 0 Å². The lowest BCUT2D eigenvalue weighted by atomic mass is 10.0. The molecule has 196 valence electrons. The van der Waals surface area contributed by atoms with Crippen molar-refractivity contribution in [1.29, 1.82) is 0 Å². The molecule has 0 saturated carbocycles. The highest BCUT2D eigenvalue weighted by Crippen LogP contribution is 2.09. The van der Waals surface area contributed by atoms with Gasteiger partial charge in [0.25, 0.3) is 0 Å². The molecule has 10 N–H and O–H groups in total. The van der Waals surface area contributed by atoms with E-state index in [4.69, 9.17) is 17.2 Å². The van der Waals surface area contributed by atoms with E-state index in [1.54, 1.807) is 0 Å². The van der Waals surface area contributed by atoms with Crippen LogP contribution in [-0.4, -0.2) is 83.2 Å². The van der Waals surface area contributed by atoms with Crippen LogP contribution < -0.4 is 33.2 Å². The number of carbonyl (C=O) groups excluding carboxylic acids is 3. The van der Waals surface area contributed by atoms with Crippen LogP contribution in [0.1, 0.15) is 39.5 Å². The van der Waals surface area contributed by atoms with Gasteiger partial charge in [0.2, 0.25) is 17.7 Å². The number of nitrogens with two attached hydrogens (primary N) is 3. The van der Waals surface area contributed by atoms with E-state index in [2.05, 4.69) is 33.6 Å². The zero-order valence-electron chi connectivity index (χ0n) is 20.0. The number of carboxylic acid groups (broad SMARTS) is 1. The number of nitrogens with zero attached hydrogens (tertiary/aromatic N) is 1. The summed E-state index contributed by atoms with van der Waals surface area (Å²) < 4.78 is 0. The van der Waals surface area contributed by atoms with Crippen molar-refractivity contribution in [3.05, 3.63) is 0 Å². The Labute approximate surface area is 210 Å². The molecule has 0 aliphatic heterocycles. The van der Waals surface area contributed by atoms with Gasteiger partial charge in [0.05, 0.1) is 6.04 Å². The number of carbonyl (C=O) groups is 4.